The van der Waals surface area contributed by atoms with E-state index < -0.39 is 35.5 Å². The Balaban J connectivity index is 1.65. The normalized spacial score (nSPS) is 21.5. The smallest absolute Gasteiger partial charge is 0.318 e. The first-order valence-electron chi connectivity index (χ1n) is 12.5. The van der Waals surface area contributed by atoms with Crippen molar-refractivity contribution < 1.29 is 33.4 Å². The number of carbonyl (C=O) groups is 4. The Morgan fingerprint density at radius 3 is 2.32 bits per heavy atom. The second-order valence-corrected chi connectivity index (χ2v) is 9.09. The molecule has 2 heterocycles. The van der Waals surface area contributed by atoms with Crippen LogP contribution >= 0.6 is 0 Å². The summed E-state index contributed by atoms with van der Waals surface area (Å²) in [6, 6.07) is -1.26. The largest absolute Gasteiger partial charge is 0.378 e. The van der Waals surface area contributed by atoms with Gasteiger partial charge in [-0.25, -0.2) is 4.79 Å². The minimum atomic E-state index is -1.10. The van der Waals surface area contributed by atoms with Crippen LogP contribution in [-0.2, 0) is 28.6 Å². The molecule has 0 aromatic heterocycles. The van der Waals surface area contributed by atoms with Crippen LogP contribution < -0.4 is 16.0 Å². The number of amides is 4. The summed E-state index contributed by atoms with van der Waals surface area (Å²) in [6.07, 6.45) is 4.82. The van der Waals surface area contributed by atoms with Gasteiger partial charge in [-0.3, -0.25) is 14.4 Å². The fourth-order valence-corrected chi connectivity index (χ4v) is 4.53. The molecule has 1 atom stereocenters. The molecule has 4 amide bonds. The van der Waals surface area contributed by atoms with E-state index in [0.29, 0.717) is 65.2 Å². The summed E-state index contributed by atoms with van der Waals surface area (Å²) in [4.78, 5) is 53.5. The van der Waals surface area contributed by atoms with Gasteiger partial charge in [0.15, 0.2) is 6.29 Å². The molecule has 2 aliphatic heterocycles. The molecule has 0 aromatic rings. The molecule has 2 saturated heterocycles. The average molecular weight is 483 g/mol. The van der Waals surface area contributed by atoms with E-state index in [4.69, 9.17) is 14.2 Å². The van der Waals surface area contributed by atoms with Gasteiger partial charge in [-0.15, -0.1) is 0 Å². The Bertz CT molecular complexity index is 714. The molecule has 0 radical (unpaired) electrons. The van der Waals surface area contributed by atoms with E-state index in [-0.39, 0.29) is 12.6 Å². The molecule has 11 heteroatoms. The van der Waals surface area contributed by atoms with Gasteiger partial charge in [-0.05, 0) is 19.3 Å². The number of ketones is 1. The molecule has 0 aromatic carbocycles. The predicted molar refractivity (Wildman–Crippen MR) is 122 cm³/mol. The zero-order valence-corrected chi connectivity index (χ0v) is 20.1. The minimum Gasteiger partial charge on any atom is -0.378 e. The van der Waals surface area contributed by atoms with Gasteiger partial charge in [0, 0.05) is 13.1 Å². The second-order valence-electron chi connectivity index (χ2n) is 9.09. The lowest BCUT2D eigenvalue weighted by Gasteiger charge is -2.39. The number of urea groups is 1. The lowest BCUT2D eigenvalue weighted by Crippen LogP contribution is -2.64. The molecule has 11 nitrogen and oxygen atoms in total. The third-order valence-corrected chi connectivity index (χ3v) is 6.60. The molecule has 192 valence electrons. The number of hydrogen-bond donors (Lipinski definition) is 3. The number of ether oxygens (including phenoxy) is 3. The van der Waals surface area contributed by atoms with Crippen LogP contribution in [-0.4, -0.2) is 92.5 Å². The second kappa shape index (κ2) is 13.0. The highest BCUT2D eigenvalue weighted by atomic mass is 16.7. The molecule has 0 bridgehead atoms. The van der Waals surface area contributed by atoms with Crippen molar-refractivity contribution in [2.24, 2.45) is 0 Å². The number of rotatable bonds is 10. The molecule has 0 spiro atoms. The monoisotopic (exact) mass is 482 g/mol. The van der Waals surface area contributed by atoms with Gasteiger partial charge in [-0.2, -0.15) is 0 Å². The SMILES string of the molecule is CCCCC(NC(=O)C1(NC(=O)N2CCOCC2)CCCCC1)C(=O)C(=O)NCC1OCCO1. The van der Waals surface area contributed by atoms with Gasteiger partial charge < -0.3 is 35.1 Å². The molecule has 3 aliphatic rings. The van der Waals surface area contributed by atoms with Gasteiger partial charge in [0.2, 0.25) is 11.7 Å². The van der Waals surface area contributed by atoms with Crippen LogP contribution in [0.5, 0.6) is 0 Å². The van der Waals surface area contributed by atoms with Crippen molar-refractivity contribution in [3.05, 3.63) is 0 Å². The zero-order chi connectivity index (χ0) is 24.4. The molecule has 34 heavy (non-hydrogen) atoms. The minimum absolute atomic E-state index is 0.0680. The maximum absolute atomic E-state index is 13.5. The van der Waals surface area contributed by atoms with Crippen LogP contribution in [0, 0.1) is 0 Å². The molecule has 1 unspecified atom stereocenters. The van der Waals surface area contributed by atoms with Crippen molar-refractivity contribution >= 4 is 23.6 Å². The number of morpholine rings is 1. The van der Waals surface area contributed by atoms with E-state index in [2.05, 4.69) is 16.0 Å². The number of carbonyl (C=O) groups excluding carboxylic acids is 4. The number of hydrogen-bond acceptors (Lipinski definition) is 7. The highest BCUT2D eigenvalue weighted by Gasteiger charge is 2.43. The van der Waals surface area contributed by atoms with Crippen molar-refractivity contribution in [2.75, 3.05) is 46.1 Å². The molecule has 3 rings (SSSR count). The molecule has 1 aliphatic carbocycles. The molecular formula is C23H38N4O7. The fraction of sp³-hybridized carbons (Fsp3) is 0.826. The third kappa shape index (κ3) is 7.13. The lowest BCUT2D eigenvalue weighted by atomic mass is 9.80. The summed E-state index contributed by atoms with van der Waals surface area (Å²) in [5.74, 6) is -1.89. The first kappa shape index (κ1) is 26.4. The van der Waals surface area contributed by atoms with Crippen LogP contribution in [0.1, 0.15) is 58.3 Å². The summed E-state index contributed by atoms with van der Waals surface area (Å²) in [5.41, 5.74) is -1.10. The number of unbranched alkanes of at least 4 members (excludes halogenated alkanes) is 1. The van der Waals surface area contributed by atoms with E-state index in [9.17, 15) is 19.2 Å². The maximum atomic E-state index is 13.5. The van der Waals surface area contributed by atoms with Crippen molar-refractivity contribution in [1.82, 2.24) is 20.9 Å². The van der Waals surface area contributed by atoms with E-state index in [1.807, 2.05) is 6.92 Å². The Morgan fingerprint density at radius 1 is 1.00 bits per heavy atom. The maximum Gasteiger partial charge on any atom is 0.318 e. The summed E-state index contributed by atoms with van der Waals surface area (Å²) in [7, 11) is 0. The fourth-order valence-electron chi connectivity index (χ4n) is 4.53. The molecule has 3 N–H and O–H groups in total. The highest BCUT2D eigenvalue weighted by Crippen LogP contribution is 2.29. The van der Waals surface area contributed by atoms with Crippen molar-refractivity contribution in [3.8, 4) is 0 Å². The third-order valence-electron chi connectivity index (χ3n) is 6.60. The number of Topliss-reactive ketones (excluding diaryl/α,β-unsaturated/α-hetero) is 1. The summed E-state index contributed by atoms with van der Waals surface area (Å²) >= 11 is 0. The topological polar surface area (TPSA) is 135 Å². The van der Waals surface area contributed by atoms with Crippen molar-refractivity contribution in [3.63, 3.8) is 0 Å². The van der Waals surface area contributed by atoms with Gasteiger partial charge >= 0.3 is 6.03 Å². The summed E-state index contributed by atoms with van der Waals surface area (Å²) < 4.78 is 15.9. The van der Waals surface area contributed by atoms with E-state index in [1.54, 1.807) is 4.90 Å². The van der Waals surface area contributed by atoms with Crippen molar-refractivity contribution in [1.29, 1.82) is 0 Å². The Labute approximate surface area is 200 Å². The number of nitrogens with one attached hydrogen (secondary N) is 3. The average Bonchev–Trinajstić information content (AvgIpc) is 3.39. The Kier molecular flexibility index (Phi) is 10.1. The summed E-state index contributed by atoms with van der Waals surface area (Å²) in [6.45, 7) is 4.80. The highest BCUT2D eigenvalue weighted by molar-refractivity contribution is 6.38. The predicted octanol–water partition coefficient (Wildman–Crippen LogP) is 0.464. The Morgan fingerprint density at radius 2 is 1.68 bits per heavy atom. The van der Waals surface area contributed by atoms with E-state index in [1.165, 1.54) is 0 Å². The Hall–Kier alpha value is -2.24. The molecule has 3 fully saturated rings. The standard InChI is InChI=1S/C23H38N4O7/c1-2-3-7-17(19(28)20(29)24-16-18-33-14-15-34-18)25-21(30)23(8-5-4-6-9-23)26-22(31)27-10-12-32-13-11-27/h17-18H,2-16H2,1H3,(H,24,29)(H,25,30)(H,26,31). The first-order chi connectivity index (χ1) is 16.4. The number of nitrogens with zero attached hydrogens (tertiary/aromatic N) is 1. The first-order valence-corrected chi connectivity index (χ1v) is 12.5. The van der Waals surface area contributed by atoms with E-state index >= 15 is 0 Å². The van der Waals surface area contributed by atoms with Crippen LogP contribution in [0.3, 0.4) is 0 Å². The van der Waals surface area contributed by atoms with Gasteiger partial charge in [-0.1, -0.05) is 39.0 Å². The van der Waals surface area contributed by atoms with Crippen molar-refractivity contribution in [2.45, 2.75) is 76.2 Å². The molecule has 1 saturated carbocycles. The van der Waals surface area contributed by atoms with Gasteiger partial charge in [0.05, 0.1) is 39.0 Å². The lowest BCUT2D eigenvalue weighted by molar-refractivity contribution is -0.142. The van der Waals surface area contributed by atoms with Gasteiger partial charge in [0.1, 0.15) is 5.54 Å². The van der Waals surface area contributed by atoms with Crippen LogP contribution in [0.15, 0.2) is 0 Å². The van der Waals surface area contributed by atoms with Crippen LogP contribution in [0.2, 0.25) is 0 Å². The molecular weight excluding hydrogens is 444 g/mol. The van der Waals surface area contributed by atoms with Crippen LogP contribution in [0.25, 0.3) is 0 Å². The zero-order valence-electron chi connectivity index (χ0n) is 20.1. The van der Waals surface area contributed by atoms with Gasteiger partial charge in [0.25, 0.3) is 5.91 Å². The van der Waals surface area contributed by atoms with E-state index in [0.717, 1.165) is 25.7 Å². The van der Waals surface area contributed by atoms with Crippen LogP contribution in [0.4, 0.5) is 4.79 Å². The summed E-state index contributed by atoms with van der Waals surface area (Å²) in [5, 5.41) is 8.32. The quantitative estimate of drug-likeness (QED) is 0.385.